The minimum atomic E-state index is -0.658. The van der Waals surface area contributed by atoms with E-state index in [9.17, 15) is 5.11 Å². The van der Waals surface area contributed by atoms with Crippen LogP contribution in [-0.2, 0) is 0 Å². The average Bonchev–Trinajstić information content (AvgIpc) is 3.09. The molecule has 2 saturated carbocycles. The van der Waals surface area contributed by atoms with Crippen molar-refractivity contribution in [1.29, 1.82) is 0 Å². The van der Waals surface area contributed by atoms with Gasteiger partial charge < -0.3 is 15.7 Å². The summed E-state index contributed by atoms with van der Waals surface area (Å²) in [4.78, 5) is 2.64. The standard InChI is InChI=1S/C13H26N2O/c1-13(16,10-14)7-2-8-15(12-5-6-12)9-11-3-4-11/h11-12,16H,2-10,14H2,1H3. The molecule has 1 atom stereocenters. The maximum Gasteiger partial charge on any atom is 0.0741 e. The van der Waals surface area contributed by atoms with Gasteiger partial charge >= 0.3 is 0 Å². The second kappa shape index (κ2) is 5.03. The van der Waals surface area contributed by atoms with E-state index in [0.717, 1.165) is 31.3 Å². The molecule has 16 heavy (non-hydrogen) atoms. The highest BCUT2D eigenvalue weighted by molar-refractivity contribution is 4.88. The molecule has 0 aromatic rings. The molecule has 0 spiro atoms. The van der Waals surface area contributed by atoms with E-state index in [1.165, 1.54) is 32.2 Å². The second-order valence-corrected chi connectivity index (χ2v) is 5.97. The summed E-state index contributed by atoms with van der Waals surface area (Å²) in [5.74, 6) is 0.982. The normalized spacial score (nSPS) is 24.8. The minimum absolute atomic E-state index is 0.374. The molecule has 2 aliphatic carbocycles. The highest BCUT2D eigenvalue weighted by atomic mass is 16.3. The van der Waals surface area contributed by atoms with Crippen molar-refractivity contribution in [3.8, 4) is 0 Å². The van der Waals surface area contributed by atoms with Gasteiger partial charge in [-0.2, -0.15) is 0 Å². The van der Waals surface area contributed by atoms with Crippen LogP contribution >= 0.6 is 0 Å². The Balaban J connectivity index is 1.65. The van der Waals surface area contributed by atoms with Crippen LogP contribution < -0.4 is 5.73 Å². The molecule has 2 fully saturated rings. The Kier molecular flexibility index (Phi) is 3.88. The summed E-state index contributed by atoms with van der Waals surface area (Å²) in [6.45, 7) is 4.67. The summed E-state index contributed by atoms with van der Waals surface area (Å²) in [5.41, 5.74) is 4.86. The van der Waals surface area contributed by atoms with Crippen LogP contribution in [0, 0.1) is 5.92 Å². The van der Waals surface area contributed by atoms with Crippen molar-refractivity contribution in [1.82, 2.24) is 4.90 Å². The third-order valence-corrected chi connectivity index (χ3v) is 3.85. The first-order valence-electron chi connectivity index (χ1n) is 6.77. The number of hydrogen-bond donors (Lipinski definition) is 2. The molecule has 0 amide bonds. The SMILES string of the molecule is CC(O)(CN)CCCN(CC1CC1)C1CC1. The highest BCUT2D eigenvalue weighted by Crippen LogP contribution is 2.35. The number of nitrogens with two attached hydrogens (primary N) is 1. The first kappa shape index (κ1) is 12.3. The maximum absolute atomic E-state index is 9.84. The lowest BCUT2D eigenvalue weighted by atomic mass is 10.0. The van der Waals surface area contributed by atoms with Crippen molar-refractivity contribution < 1.29 is 5.11 Å². The fraction of sp³-hybridized carbons (Fsp3) is 1.00. The zero-order chi connectivity index (χ0) is 11.6. The molecule has 0 heterocycles. The van der Waals surface area contributed by atoms with E-state index in [4.69, 9.17) is 5.73 Å². The van der Waals surface area contributed by atoms with E-state index >= 15 is 0 Å². The van der Waals surface area contributed by atoms with Crippen molar-refractivity contribution in [2.45, 2.75) is 57.1 Å². The Morgan fingerprint density at radius 3 is 2.50 bits per heavy atom. The minimum Gasteiger partial charge on any atom is -0.389 e. The van der Waals surface area contributed by atoms with Gasteiger partial charge in [0.15, 0.2) is 0 Å². The summed E-state index contributed by atoms with van der Waals surface area (Å²) >= 11 is 0. The van der Waals surface area contributed by atoms with Crippen LogP contribution in [0.3, 0.4) is 0 Å². The first-order valence-corrected chi connectivity index (χ1v) is 6.77. The van der Waals surface area contributed by atoms with Gasteiger partial charge in [0.2, 0.25) is 0 Å². The number of hydrogen-bond acceptors (Lipinski definition) is 3. The molecule has 0 bridgehead atoms. The van der Waals surface area contributed by atoms with Gasteiger partial charge in [-0.1, -0.05) is 0 Å². The Bertz CT molecular complexity index is 222. The molecule has 0 saturated heterocycles. The van der Waals surface area contributed by atoms with Crippen LogP contribution in [-0.4, -0.2) is 41.3 Å². The lowest BCUT2D eigenvalue weighted by Crippen LogP contribution is -2.36. The molecule has 0 aromatic heterocycles. The van der Waals surface area contributed by atoms with Crippen LogP contribution in [0.25, 0.3) is 0 Å². The molecular weight excluding hydrogens is 200 g/mol. The van der Waals surface area contributed by atoms with Crippen LogP contribution in [0.5, 0.6) is 0 Å². The van der Waals surface area contributed by atoms with Gasteiger partial charge in [-0.3, -0.25) is 0 Å². The number of nitrogens with zero attached hydrogens (tertiary/aromatic N) is 1. The molecule has 3 N–H and O–H groups in total. The first-order chi connectivity index (χ1) is 7.61. The van der Waals surface area contributed by atoms with E-state index in [1.807, 2.05) is 6.92 Å². The summed E-state index contributed by atoms with van der Waals surface area (Å²) in [5, 5.41) is 9.84. The zero-order valence-corrected chi connectivity index (χ0v) is 10.5. The fourth-order valence-electron chi connectivity index (χ4n) is 2.26. The lowest BCUT2D eigenvalue weighted by molar-refractivity contribution is 0.0538. The van der Waals surface area contributed by atoms with Gasteiger partial charge in [-0.15, -0.1) is 0 Å². The molecular formula is C13H26N2O. The lowest BCUT2D eigenvalue weighted by Gasteiger charge is -2.25. The summed E-state index contributed by atoms with van der Waals surface area (Å²) < 4.78 is 0. The third kappa shape index (κ3) is 4.04. The molecule has 2 rings (SSSR count). The molecule has 0 radical (unpaired) electrons. The largest absolute Gasteiger partial charge is 0.389 e. The van der Waals surface area contributed by atoms with Crippen LogP contribution in [0.4, 0.5) is 0 Å². The average molecular weight is 226 g/mol. The maximum atomic E-state index is 9.84. The Labute approximate surface area is 99.0 Å². The van der Waals surface area contributed by atoms with Crippen LogP contribution in [0.1, 0.15) is 45.4 Å². The van der Waals surface area contributed by atoms with Crippen molar-refractivity contribution in [3.63, 3.8) is 0 Å². The predicted molar refractivity (Wildman–Crippen MR) is 66.2 cm³/mol. The summed E-state index contributed by atoms with van der Waals surface area (Å²) in [6.07, 6.45) is 7.55. The fourth-order valence-corrected chi connectivity index (χ4v) is 2.26. The van der Waals surface area contributed by atoms with Gasteiger partial charge in [-0.05, 0) is 57.9 Å². The van der Waals surface area contributed by atoms with Crippen LogP contribution in [0.15, 0.2) is 0 Å². The quantitative estimate of drug-likeness (QED) is 0.657. The molecule has 2 aliphatic rings. The summed E-state index contributed by atoms with van der Waals surface area (Å²) in [7, 11) is 0. The van der Waals surface area contributed by atoms with Gasteiger partial charge in [-0.25, -0.2) is 0 Å². The molecule has 3 nitrogen and oxygen atoms in total. The molecule has 3 heteroatoms. The van der Waals surface area contributed by atoms with Crippen molar-refractivity contribution in [2.75, 3.05) is 19.6 Å². The molecule has 94 valence electrons. The van der Waals surface area contributed by atoms with Gasteiger partial charge in [0, 0.05) is 19.1 Å². The number of rotatable bonds is 8. The predicted octanol–water partition coefficient (Wildman–Crippen LogP) is 1.35. The second-order valence-electron chi connectivity index (χ2n) is 5.97. The topological polar surface area (TPSA) is 49.5 Å². The third-order valence-electron chi connectivity index (χ3n) is 3.85. The van der Waals surface area contributed by atoms with E-state index in [2.05, 4.69) is 4.90 Å². The van der Waals surface area contributed by atoms with Gasteiger partial charge in [0.25, 0.3) is 0 Å². The highest BCUT2D eigenvalue weighted by Gasteiger charge is 2.33. The smallest absolute Gasteiger partial charge is 0.0741 e. The zero-order valence-electron chi connectivity index (χ0n) is 10.5. The van der Waals surface area contributed by atoms with E-state index in [0.29, 0.717) is 6.54 Å². The van der Waals surface area contributed by atoms with E-state index in [-0.39, 0.29) is 0 Å². The van der Waals surface area contributed by atoms with Crippen molar-refractivity contribution >= 4 is 0 Å². The van der Waals surface area contributed by atoms with Gasteiger partial charge in [0.1, 0.15) is 0 Å². The van der Waals surface area contributed by atoms with Gasteiger partial charge in [0.05, 0.1) is 5.60 Å². The van der Waals surface area contributed by atoms with Crippen molar-refractivity contribution in [3.05, 3.63) is 0 Å². The van der Waals surface area contributed by atoms with E-state index in [1.54, 1.807) is 0 Å². The monoisotopic (exact) mass is 226 g/mol. The van der Waals surface area contributed by atoms with Crippen LogP contribution in [0.2, 0.25) is 0 Å². The van der Waals surface area contributed by atoms with E-state index < -0.39 is 5.60 Å². The molecule has 0 aliphatic heterocycles. The summed E-state index contributed by atoms with van der Waals surface area (Å²) in [6, 6.07) is 0.864. The Hall–Kier alpha value is -0.120. The molecule has 0 aromatic carbocycles. The van der Waals surface area contributed by atoms with Crippen molar-refractivity contribution in [2.24, 2.45) is 11.7 Å². The number of aliphatic hydroxyl groups is 1. The Morgan fingerprint density at radius 1 is 1.31 bits per heavy atom. The Morgan fingerprint density at radius 2 is 2.00 bits per heavy atom. The molecule has 1 unspecified atom stereocenters.